The molecule has 0 bridgehead atoms. The normalized spacial score (nSPS) is 13.6. The third-order valence-electron chi connectivity index (χ3n) is 2.18. The van der Waals surface area contributed by atoms with Gasteiger partial charge < -0.3 is 20.3 Å². The fourth-order valence-electron chi connectivity index (χ4n) is 1.10. The maximum absolute atomic E-state index is 11.5. The van der Waals surface area contributed by atoms with Gasteiger partial charge in [-0.2, -0.15) is 0 Å². The third-order valence-corrected chi connectivity index (χ3v) is 2.18. The van der Waals surface area contributed by atoms with Crippen LogP contribution < -0.4 is 5.32 Å². The molecule has 0 rings (SSSR count). The molecule has 7 heteroatoms. The zero-order valence-electron chi connectivity index (χ0n) is 11.1. The van der Waals surface area contributed by atoms with Gasteiger partial charge in [0.05, 0.1) is 5.41 Å². The zero-order valence-corrected chi connectivity index (χ0v) is 11.1. The number of rotatable bonds is 4. The standard InChI is InChI=1S/C11H19NO6/c1-10(2,3)18-9(17)12-6(7(13)14)11(4,5)8(15)16/h6H,1-5H3,(H,12,17)(H,13,14)(H,15,16). The molecule has 0 fully saturated rings. The van der Waals surface area contributed by atoms with Gasteiger partial charge in [-0.15, -0.1) is 0 Å². The number of alkyl carbamates (subject to hydrolysis) is 1. The molecule has 7 nitrogen and oxygen atoms in total. The molecule has 0 aliphatic rings. The molecule has 18 heavy (non-hydrogen) atoms. The Morgan fingerprint density at radius 1 is 1.06 bits per heavy atom. The summed E-state index contributed by atoms with van der Waals surface area (Å²) in [6, 6.07) is -1.58. The van der Waals surface area contributed by atoms with Crippen molar-refractivity contribution < 1.29 is 29.3 Å². The van der Waals surface area contributed by atoms with E-state index in [-0.39, 0.29) is 0 Å². The van der Waals surface area contributed by atoms with Crippen molar-refractivity contribution in [1.29, 1.82) is 0 Å². The highest BCUT2D eigenvalue weighted by Gasteiger charge is 2.43. The fourth-order valence-corrected chi connectivity index (χ4v) is 1.10. The predicted molar refractivity (Wildman–Crippen MR) is 62.2 cm³/mol. The van der Waals surface area contributed by atoms with Crippen LogP contribution in [-0.2, 0) is 14.3 Å². The first-order valence-electron chi connectivity index (χ1n) is 5.33. The number of aliphatic carboxylic acids is 2. The summed E-state index contributed by atoms with van der Waals surface area (Å²) < 4.78 is 4.89. The number of carboxylic acid groups (broad SMARTS) is 2. The van der Waals surface area contributed by atoms with Gasteiger partial charge in [0, 0.05) is 0 Å². The number of carbonyl (C=O) groups is 3. The second kappa shape index (κ2) is 5.24. The molecule has 0 saturated heterocycles. The van der Waals surface area contributed by atoms with E-state index in [1.54, 1.807) is 20.8 Å². The second-order valence-corrected chi connectivity index (χ2v) is 5.44. The van der Waals surface area contributed by atoms with E-state index in [1.807, 2.05) is 0 Å². The van der Waals surface area contributed by atoms with Crippen molar-refractivity contribution in [2.45, 2.75) is 46.3 Å². The van der Waals surface area contributed by atoms with E-state index in [0.29, 0.717) is 0 Å². The molecular weight excluding hydrogens is 242 g/mol. The van der Waals surface area contributed by atoms with Crippen LogP contribution in [-0.4, -0.2) is 39.9 Å². The Bertz CT molecular complexity index is 355. The minimum absolute atomic E-state index is 0.791. The molecule has 1 amide bonds. The molecule has 0 spiro atoms. The first kappa shape index (κ1) is 16.2. The van der Waals surface area contributed by atoms with Gasteiger partial charge in [0.15, 0.2) is 0 Å². The molecule has 1 unspecified atom stereocenters. The lowest BCUT2D eigenvalue weighted by Gasteiger charge is -2.29. The minimum Gasteiger partial charge on any atom is -0.481 e. The smallest absolute Gasteiger partial charge is 0.408 e. The predicted octanol–water partition coefficient (Wildman–Crippen LogP) is 1.08. The van der Waals surface area contributed by atoms with Crippen molar-refractivity contribution >= 4 is 18.0 Å². The molecule has 104 valence electrons. The van der Waals surface area contributed by atoms with Gasteiger partial charge in [-0.3, -0.25) is 4.79 Å². The molecular formula is C11H19NO6. The Balaban J connectivity index is 4.92. The van der Waals surface area contributed by atoms with E-state index in [2.05, 4.69) is 5.32 Å². The lowest BCUT2D eigenvalue weighted by atomic mass is 9.84. The van der Waals surface area contributed by atoms with E-state index >= 15 is 0 Å². The average Bonchev–Trinajstić information content (AvgIpc) is 2.10. The third kappa shape index (κ3) is 4.60. The van der Waals surface area contributed by atoms with Crippen LogP contribution in [0.25, 0.3) is 0 Å². The zero-order chi connectivity index (χ0) is 14.7. The molecule has 1 atom stereocenters. The average molecular weight is 261 g/mol. The van der Waals surface area contributed by atoms with Crippen LogP contribution in [0.5, 0.6) is 0 Å². The fraction of sp³-hybridized carbons (Fsp3) is 0.727. The van der Waals surface area contributed by atoms with Gasteiger partial charge in [-0.1, -0.05) is 0 Å². The molecule has 0 heterocycles. The first-order valence-corrected chi connectivity index (χ1v) is 5.33. The van der Waals surface area contributed by atoms with Crippen LogP contribution in [0.1, 0.15) is 34.6 Å². The summed E-state index contributed by atoms with van der Waals surface area (Å²) in [5, 5.41) is 20.0. The Hall–Kier alpha value is -1.79. The van der Waals surface area contributed by atoms with E-state index < -0.39 is 35.1 Å². The molecule has 0 saturated carbocycles. The topological polar surface area (TPSA) is 113 Å². The number of carbonyl (C=O) groups excluding carboxylic acids is 1. The van der Waals surface area contributed by atoms with Gasteiger partial charge in [-0.25, -0.2) is 9.59 Å². The van der Waals surface area contributed by atoms with Crippen LogP contribution >= 0.6 is 0 Å². The highest BCUT2D eigenvalue weighted by Crippen LogP contribution is 2.21. The lowest BCUT2D eigenvalue weighted by Crippen LogP contribution is -2.54. The van der Waals surface area contributed by atoms with Crippen molar-refractivity contribution in [3.8, 4) is 0 Å². The van der Waals surface area contributed by atoms with E-state index in [0.717, 1.165) is 0 Å². The summed E-state index contributed by atoms with van der Waals surface area (Å²) in [6.07, 6.45) is -0.968. The van der Waals surface area contributed by atoms with Gasteiger partial charge in [0.25, 0.3) is 0 Å². The maximum atomic E-state index is 11.5. The van der Waals surface area contributed by atoms with Gasteiger partial charge in [-0.05, 0) is 34.6 Å². The molecule has 0 radical (unpaired) electrons. The quantitative estimate of drug-likeness (QED) is 0.697. The van der Waals surface area contributed by atoms with Crippen molar-refractivity contribution in [3.63, 3.8) is 0 Å². The summed E-state index contributed by atoms with van der Waals surface area (Å²) in [5.41, 5.74) is -2.44. The van der Waals surface area contributed by atoms with Crippen molar-refractivity contribution in [1.82, 2.24) is 5.32 Å². The lowest BCUT2D eigenvalue weighted by molar-refractivity contribution is -0.156. The Kier molecular flexibility index (Phi) is 4.72. The summed E-state index contributed by atoms with van der Waals surface area (Å²) in [5.74, 6) is -2.76. The highest BCUT2D eigenvalue weighted by atomic mass is 16.6. The Labute approximate surface area is 105 Å². The summed E-state index contributed by atoms with van der Waals surface area (Å²) in [7, 11) is 0. The Morgan fingerprint density at radius 3 is 1.78 bits per heavy atom. The molecule has 3 N–H and O–H groups in total. The first-order chi connectivity index (χ1) is 7.88. The van der Waals surface area contributed by atoms with Crippen molar-refractivity contribution in [2.24, 2.45) is 5.41 Å². The van der Waals surface area contributed by atoms with Crippen LogP contribution in [0.3, 0.4) is 0 Å². The minimum atomic E-state index is -1.65. The number of amides is 1. The van der Waals surface area contributed by atoms with Crippen LogP contribution in [0.15, 0.2) is 0 Å². The van der Waals surface area contributed by atoms with Gasteiger partial charge in [0.2, 0.25) is 0 Å². The molecule has 0 aromatic carbocycles. The molecule has 0 aliphatic heterocycles. The van der Waals surface area contributed by atoms with Crippen molar-refractivity contribution in [3.05, 3.63) is 0 Å². The van der Waals surface area contributed by atoms with Crippen LogP contribution in [0, 0.1) is 5.41 Å². The molecule has 0 aromatic heterocycles. The Morgan fingerprint density at radius 2 is 1.50 bits per heavy atom. The van der Waals surface area contributed by atoms with E-state index in [4.69, 9.17) is 14.9 Å². The monoisotopic (exact) mass is 261 g/mol. The van der Waals surface area contributed by atoms with Gasteiger partial charge >= 0.3 is 18.0 Å². The van der Waals surface area contributed by atoms with Crippen LogP contribution in [0.4, 0.5) is 4.79 Å². The number of hydrogen-bond donors (Lipinski definition) is 3. The van der Waals surface area contributed by atoms with E-state index in [9.17, 15) is 14.4 Å². The maximum Gasteiger partial charge on any atom is 0.408 e. The second-order valence-electron chi connectivity index (χ2n) is 5.44. The number of ether oxygens (including phenoxy) is 1. The molecule has 0 aliphatic carbocycles. The number of carboxylic acids is 2. The van der Waals surface area contributed by atoms with E-state index in [1.165, 1.54) is 13.8 Å². The number of hydrogen-bond acceptors (Lipinski definition) is 4. The largest absolute Gasteiger partial charge is 0.481 e. The molecule has 0 aromatic rings. The van der Waals surface area contributed by atoms with Gasteiger partial charge in [0.1, 0.15) is 11.6 Å². The summed E-state index contributed by atoms with van der Waals surface area (Å²) >= 11 is 0. The number of nitrogens with one attached hydrogen (secondary N) is 1. The van der Waals surface area contributed by atoms with Crippen LogP contribution in [0.2, 0.25) is 0 Å². The highest BCUT2D eigenvalue weighted by molar-refractivity contribution is 5.88. The van der Waals surface area contributed by atoms with Crippen molar-refractivity contribution in [2.75, 3.05) is 0 Å². The summed E-state index contributed by atoms with van der Waals surface area (Å²) in [6.45, 7) is 7.27. The SMILES string of the molecule is CC(C)(C)OC(=O)NC(C(=O)O)C(C)(C)C(=O)O. The summed E-state index contributed by atoms with van der Waals surface area (Å²) in [4.78, 5) is 33.4.